The summed E-state index contributed by atoms with van der Waals surface area (Å²) in [5.41, 5.74) is -8.86. The second-order valence-corrected chi connectivity index (χ2v) is 17.4. The van der Waals surface area contributed by atoms with Crippen LogP contribution in [0.4, 0.5) is 19.2 Å². The highest BCUT2D eigenvalue weighted by atomic mass is 16.5. The first-order valence-electron chi connectivity index (χ1n) is 21.4. The van der Waals surface area contributed by atoms with Gasteiger partial charge in [-0.3, -0.25) is 39.2 Å². The monoisotopic (exact) mass is 938 g/mol. The van der Waals surface area contributed by atoms with Gasteiger partial charge in [-0.05, 0) is 53.4 Å². The largest absolute Gasteiger partial charge is 0.496 e. The molecule has 0 spiro atoms. The third kappa shape index (κ3) is 4.36. The van der Waals surface area contributed by atoms with Crippen LogP contribution in [0.5, 0.6) is 23.0 Å². The number of urea groups is 4. The molecule has 0 aliphatic carbocycles. The molecule has 8 heterocycles. The van der Waals surface area contributed by atoms with Crippen molar-refractivity contribution in [1.29, 1.82) is 0 Å². The van der Waals surface area contributed by atoms with Crippen LogP contribution in [-0.2, 0) is 76.3 Å². The predicted octanol–water partition coefficient (Wildman–Crippen LogP) is 1.73. The number of ether oxygens (including phenoxy) is 5. The number of nitrogens with zero attached hydrogens (tertiary/aromatic N) is 8. The second-order valence-electron chi connectivity index (χ2n) is 17.4. The molecule has 0 saturated carbocycles. The van der Waals surface area contributed by atoms with Crippen LogP contribution < -0.4 is 18.9 Å². The number of carbonyl (C=O) groups excluding carboxylic acids is 5. The van der Waals surface area contributed by atoms with Gasteiger partial charge < -0.3 is 39.0 Å². The summed E-state index contributed by atoms with van der Waals surface area (Å²) in [6, 6.07) is 5.33. The first-order valence-corrected chi connectivity index (χ1v) is 21.4. The lowest BCUT2D eigenvalue weighted by atomic mass is 9.90. The van der Waals surface area contributed by atoms with Crippen molar-refractivity contribution in [2.24, 2.45) is 0 Å². The summed E-state index contributed by atoms with van der Waals surface area (Å²) in [5.74, 6) is -5.51. The summed E-state index contributed by atoms with van der Waals surface area (Å²) in [7, 11) is 5.51. The quantitative estimate of drug-likeness (QED) is 0.258. The fraction of sp³-hybridized carbons (Fsp3) is 0.409. The molecule has 0 radical (unpaired) electrons. The standard InChI is InChI=1S/C44H42N8O16/c1-6-68-36(59)44-43(35(57)58)51-19-27-28(32(67-5)10-9-31(27)66-4)20-52(43)40(63)48(44)16-24-12-22-14-46-38(61)50-18-26-25(29(64-2)7-8-30(26)65-3)17-49-37(60)45(41(46,33(53)54)42(49,50)34(55)56)13-21(22)11-23(24)15-47(44)39(51)62/h7-12H,6,13-20H2,1-5H3,(H,53,54)(H,55,56)(H,57,58). The van der Waals surface area contributed by atoms with Gasteiger partial charge in [-0.1, -0.05) is 12.1 Å². The van der Waals surface area contributed by atoms with Crippen molar-refractivity contribution in [3.63, 3.8) is 0 Å². The lowest BCUT2D eigenvalue weighted by Gasteiger charge is -2.43. The minimum Gasteiger partial charge on any atom is -0.496 e. The van der Waals surface area contributed by atoms with Gasteiger partial charge in [0.15, 0.2) is 0 Å². The number of carboxylic acids is 3. The van der Waals surface area contributed by atoms with Crippen LogP contribution in [0.1, 0.15) is 51.4 Å². The van der Waals surface area contributed by atoms with Crippen LogP contribution in [0, 0.1) is 0 Å². The van der Waals surface area contributed by atoms with Crippen molar-refractivity contribution in [3.05, 3.63) is 80.9 Å². The van der Waals surface area contributed by atoms with E-state index in [1.807, 2.05) is 0 Å². The van der Waals surface area contributed by atoms with Crippen molar-refractivity contribution >= 4 is 48.0 Å². The molecular weight excluding hydrogens is 897 g/mol. The van der Waals surface area contributed by atoms with Crippen molar-refractivity contribution in [1.82, 2.24) is 39.2 Å². The molecule has 8 amide bonds. The summed E-state index contributed by atoms with van der Waals surface area (Å²) in [5, 5.41) is 34.4. The Morgan fingerprint density at radius 1 is 0.441 bits per heavy atom. The van der Waals surface area contributed by atoms with Gasteiger partial charge in [-0.2, -0.15) is 0 Å². The zero-order valence-electron chi connectivity index (χ0n) is 37.1. The normalized spacial score (nSPS) is 26.7. The van der Waals surface area contributed by atoms with Crippen LogP contribution in [0.3, 0.4) is 0 Å². The van der Waals surface area contributed by atoms with E-state index in [0.29, 0.717) is 22.3 Å². The highest BCUT2D eigenvalue weighted by molar-refractivity contribution is 6.10. The summed E-state index contributed by atoms with van der Waals surface area (Å²) in [4.78, 5) is 125. The maximum absolute atomic E-state index is 15.2. The number of hydrogen-bond acceptors (Lipinski definition) is 13. The average molecular weight is 939 g/mol. The summed E-state index contributed by atoms with van der Waals surface area (Å²) in [6.45, 7) is -2.84. The number of carboxylic acid groups (broad SMARTS) is 3. The third-order valence-electron chi connectivity index (χ3n) is 15.1. The Bertz CT molecular complexity index is 2770. The Morgan fingerprint density at radius 2 is 0.676 bits per heavy atom. The fourth-order valence-corrected chi connectivity index (χ4v) is 12.4. The third-order valence-corrected chi connectivity index (χ3v) is 15.1. The van der Waals surface area contributed by atoms with Gasteiger partial charge in [0.05, 0.1) is 87.4 Å². The first kappa shape index (κ1) is 42.5. The summed E-state index contributed by atoms with van der Waals surface area (Å²) in [6.07, 6.45) is 0. The average Bonchev–Trinajstić information content (AvgIpc) is 3.57. The lowest BCUT2D eigenvalue weighted by molar-refractivity contribution is -0.188. The molecule has 8 aliphatic rings. The van der Waals surface area contributed by atoms with Crippen molar-refractivity contribution in [3.8, 4) is 23.0 Å². The van der Waals surface area contributed by atoms with Crippen molar-refractivity contribution in [2.75, 3.05) is 35.0 Å². The molecule has 24 nitrogen and oxygen atoms in total. The first-order chi connectivity index (χ1) is 32.5. The molecule has 0 unspecified atom stereocenters. The number of fused-ring (bicyclic) bond motifs is 4. The molecule has 11 rings (SSSR count). The minimum absolute atomic E-state index is 0.234. The zero-order valence-corrected chi connectivity index (χ0v) is 37.1. The van der Waals surface area contributed by atoms with E-state index in [1.54, 1.807) is 24.3 Å². The predicted molar refractivity (Wildman–Crippen MR) is 222 cm³/mol. The zero-order chi connectivity index (χ0) is 48.3. The number of carbonyl (C=O) groups is 8. The highest BCUT2D eigenvalue weighted by Gasteiger charge is 2.89. The van der Waals surface area contributed by atoms with Crippen LogP contribution in [0.2, 0.25) is 0 Å². The molecule has 24 heteroatoms. The van der Waals surface area contributed by atoms with E-state index >= 15 is 19.2 Å². The molecule has 0 atom stereocenters. The molecular formula is C44H42N8O16. The SMILES string of the molecule is CCOC(=O)C12N3Cc4cc5c(cc4CN1C(=O)N1Cc4c(OC)ccc(OC)c4CN(C3=O)C12C(=O)O)CN1C(=O)N2Cc3c(OC)ccc(OC)c3CN3C(=O)N(C5)C1(C(=O)O)C32C(=O)O. The van der Waals surface area contributed by atoms with Crippen LogP contribution in [0.15, 0.2) is 36.4 Å². The van der Waals surface area contributed by atoms with Gasteiger partial charge in [-0.15, -0.1) is 0 Å². The molecule has 8 aliphatic heterocycles. The summed E-state index contributed by atoms with van der Waals surface area (Å²) >= 11 is 0. The number of rotatable bonds is 9. The van der Waals surface area contributed by atoms with E-state index in [2.05, 4.69) is 0 Å². The summed E-state index contributed by atoms with van der Waals surface area (Å²) < 4.78 is 28.2. The fourth-order valence-electron chi connectivity index (χ4n) is 12.4. The number of methoxy groups -OCH3 is 4. The Morgan fingerprint density at radius 3 is 0.912 bits per heavy atom. The van der Waals surface area contributed by atoms with Gasteiger partial charge in [0.25, 0.3) is 22.7 Å². The van der Waals surface area contributed by atoms with E-state index in [4.69, 9.17) is 23.7 Å². The smallest absolute Gasteiger partial charge is 0.358 e. The van der Waals surface area contributed by atoms with Gasteiger partial charge in [0.1, 0.15) is 23.0 Å². The molecule has 3 aromatic rings. The maximum Gasteiger partial charge on any atom is 0.358 e. The molecule has 0 aromatic heterocycles. The molecule has 68 heavy (non-hydrogen) atoms. The maximum atomic E-state index is 15.2. The van der Waals surface area contributed by atoms with Crippen molar-refractivity contribution < 1.29 is 77.4 Å². The van der Waals surface area contributed by atoms with E-state index in [-0.39, 0.29) is 51.9 Å². The topological polar surface area (TPSA) is 269 Å². The van der Waals surface area contributed by atoms with Gasteiger partial charge in [-0.25, -0.2) is 38.4 Å². The van der Waals surface area contributed by atoms with Gasteiger partial charge >= 0.3 is 48.0 Å². The molecule has 3 aromatic carbocycles. The Labute approximate surface area is 384 Å². The Kier molecular flexibility index (Phi) is 8.55. The van der Waals surface area contributed by atoms with E-state index < -0.39 is 123 Å². The van der Waals surface area contributed by atoms with Gasteiger partial charge in [0, 0.05) is 22.3 Å². The molecule has 4 fully saturated rings. The Balaban J connectivity index is 1.09. The Hall–Kier alpha value is -8.18. The minimum atomic E-state index is -2.88. The van der Waals surface area contributed by atoms with Crippen LogP contribution in [0.25, 0.3) is 0 Å². The van der Waals surface area contributed by atoms with Gasteiger partial charge in [0.2, 0.25) is 0 Å². The number of aliphatic carboxylic acids is 3. The van der Waals surface area contributed by atoms with E-state index in [1.165, 1.54) is 47.5 Å². The second kappa shape index (κ2) is 13.7. The number of hydrogen-bond donors (Lipinski definition) is 3. The number of benzene rings is 3. The van der Waals surface area contributed by atoms with Crippen molar-refractivity contribution in [2.45, 2.75) is 81.9 Å². The molecule has 0 bridgehead atoms. The number of amides is 8. The highest BCUT2D eigenvalue weighted by Crippen LogP contribution is 2.60. The van der Waals surface area contributed by atoms with E-state index in [9.17, 15) is 34.5 Å². The molecule has 354 valence electrons. The van der Waals surface area contributed by atoms with Crippen LogP contribution in [-0.4, -0.2) is 160 Å². The lowest BCUT2D eigenvalue weighted by Crippen LogP contribution is -2.74. The van der Waals surface area contributed by atoms with E-state index in [0.717, 1.165) is 39.2 Å². The molecule has 3 N–H and O–H groups in total. The molecule has 4 saturated heterocycles. The number of esters is 1. The van der Waals surface area contributed by atoms with Crippen LogP contribution >= 0.6 is 0 Å².